The van der Waals surface area contributed by atoms with Gasteiger partial charge in [-0.05, 0) is 62.2 Å². The first-order valence-corrected chi connectivity index (χ1v) is 11.1. The Hall–Kier alpha value is -2.66. The molecule has 5 heteroatoms. The van der Waals surface area contributed by atoms with E-state index >= 15 is 0 Å². The fourth-order valence-corrected chi connectivity index (χ4v) is 4.61. The fraction of sp³-hybridized carbons (Fsp3) is 0.440. The van der Waals surface area contributed by atoms with Crippen molar-refractivity contribution in [3.63, 3.8) is 0 Å². The number of hydrogen-bond acceptors (Lipinski definition) is 3. The van der Waals surface area contributed by atoms with E-state index in [0.717, 1.165) is 36.4 Å². The minimum atomic E-state index is -0.123. The summed E-state index contributed by atoms with van der Waals surface area (Å²) in [5.41, 5.74) is 3.46. The van der Waals surface area contributed by atoms with Crippen LogP contribution in [-0.2, 0) is 11.3 Å². The van der Waals surface area contributed by atoms with Crippen LogP contribution < -0.4 is 10.2 Å². The number of para-hydroxylation sites is 1. The second kappa shape index (κ2) is 9.43. The summed E-state index contributed by atoms with van der Waals surface area (Å²) in [7, 11) is 2.19. The number of nitrogens with zero attached hydrogens (tertiary/aromatic N) is 2. The molecule has 2 aliphatic rings. The number of carbonyl (C=O) groups is 2. The molecule has 1 saturated heterocycles. The summed E-state index contributed by atoms with van der Waals surface area (Å²) < 4.78 is 0. The summed E-state index contributed by atoms with van der Waals surface area (Å²) >= 11 is 0. The van der Waals surface area contributed by atoms with Gasteiger partial charge in [-0.15, -0.1) is 0 Å². The molecule has 0 radical (unpaired) electrons. The van der Waals surface area contributed by atoms with E-state index in [-0.39, 0.29) is 11.8 Å². The van der Waals surface area contributed by atoms with Crippen molar-refractivity contribution in [2.75, 3.05) is 23.8 Å². The highest BCUT2D eigenvalue weighted by molar-refractivity contribution is 6.05. The van der Waals surface area contributed by atoms with Gasteiger partial charge in [0.05, 0.1) is 0 Å². The van der Waals surface area contributed by atoms with Crippen molar-refractivity contribution in [2.45, 2.75) is 57.5 Å². The second-order valence-corrected chi connectivity index (χ2v) is 8.51. The minimum absolute atomic E-state index is 0.123. The molecular weight excluding hydrogens is 374 g/mol. The largest absolute Gasteiger partial charge is 0.322 e. The number of carbonyl (C=O) groups excluding carboxylic acids is 2. The van der Waals surface area contributed by atoms with E-state index < -0.39 is 0 Å². The zero-order chi connectivity index (χ0) is 20.9. The molecule has 1 N–H and O–H groups in total. The number of amides is 2. The maximum atomic E-state index is 12.8. The van der Waals surface area contributed by atoms with Gasteiger partial charge < -0.3 is 10.2 Å². The van der Waals surface area contributed by atoms with Crippen LogP contribution in [0.25, 0.3) is 0 Å². The molecule has 0 unspecified atom stereocenters. The van der Waals surface area contributed by atoms with Crippen LogP contribution in [-0.4, -0.2) is 36.3 Å². The number of benzene rings is 2. The molecule has 2 aromatic rings. The first kappa shape index (κ1) is 20.6. The Labute approximate surface area is 179 Å². The van der Waals surface area contributed by atoms with E-state index in [1.807, 2.05) is 30.3 Å². The summed E-state index contributed by atoms with van der Waals surface area (Å²) in [6, 6.07) is 16.0. The molecule has 158 valence electrons. The molecular formula is C25H31N3O2. The van der Waals surface area contributed by atoms with E-state index in [1.54, 1.807) is 17.0 Å². The zero-order valence-electron chi connectivity index (χ0n) is 17.8. The van der Waals surface area contributed by atoms with E-state index in [4.69, 9.17) is 0 Å². The Morgan fingerprint density at radius 1 is 1.03 bits per heavy atom. The van der Waals surface area contributed by atoms with Gasteiger partial charge >= 0.3 is 0 Å². The third-order valence-corrected chi connectivity index (χ3v) is 6.40. The summed E-state index contributed by atoms with van der Waals surface area (Å²) in [5.74, 6) is 0.0327. The van der Waals surface area contributed by atoms with Crippen LogP contribution in [0.2, 0.25) is 0 Å². The second-order valence-electron chi connectivity index (χ2n) is 8.51. The summed E-state index contributed by atoms with van der Waals surface area (Å²) in [4.78, 5) is 29.0. The molecule has 5 nitrogen and oxygen atoms in total. The molecule has 2 amide bonds. The van der Waals surface area contributed by atoms with Gasteiger partial charge in [0, 0.05) is 42.5 Å². The Bertz CT molecular complexity index is 888. The lowest BCUT2D eigenvalue weighted by molar-refractivity contribution is -0.117. The average molecular weight is 406 g/mol. The number of nitrogens with one attached hydrogen (secondary N) is 1. The summed E-state index contributed by atoms with van der Waals surface area (Å²) in [5, 5.41) is 3.09. The molecule has 2 fully saturated rings. The van der Waals surface area contributed by atoms with Gasteiger partial charge in [0.2, 0.25) is 5.91 Å². The number of hydrogen-bond donors (Lipinski definition) is 1. The lowest BCUT2D eigenvalue weighted by atomic mass is 9.94. The molecule has 4 rings (SSSR count). The molecule has 0 bridgehead atoms. The SMILES string of the molecule is CN(Cc1ccccc1NC(=O)c1ccc(N2CCCC2=O)cc1)C1CCCCC1. The van der Waals surface area contributed by atoms with E-state index in [9.17, 15) is 9.59 Å². The van der Waals surface area contributed by atoms with Crippen LogP contribution >= 0.6 is 0 Å². The van der Waals surface area contributed by atoms with Crippen molar-refractivity contribution in [3.05, 3.63) is 59.7 Å². The molecule has 0 spiro atoms. The van der Waals surface area contributed by atoms with Crippen LogP contribution in [0.4, 0.5) is 11.4 Å². The predicted octanol–water partition coefficient (Wildman–Crippen LogP) is 4.83. The average Bonchev–Trinajstić information content (AvgIpc) is 3.21. The molecule has 30 heavy (non-hydrogen) atoms. The third kappa shape index (κ3) is 4.73. The van der Waals surface area contributed by atoms with Gasteiger partial charge in [-0.1, -0.05) is 37.5 Å². The van der Waals surface area contributed by atoms with Crippen LogP contribution in [0.15, 0.2) is 48.5 Å². The van der Waals surface area contributed by atoms with Crippen molar-refractivity contribution < 1.29 is 9.59 Å². The molecule has 1 saturated carbocycles. The Morgan fingerprint density at radius 3 is 2.47 bits per heavy atom. The third-order valence-electron chi connectivity index (χ3n) is 6.40. The molecule has 1 aliphatic heterocycles. The highest BCUT2D eigenvalue weighted by Crippen LogP contribution is 2.26. The van der Waals surface area contributed by atoms with E-state index in [1.165, 1.54) is 32.1 Å². The quantitative estimate of drug-likeness (QED) is 0.749. The summed E-state index contributed by atoms with van der Waals surface area (Å²) in [6.45, 7) is 1.59. The predicted molar refractivity (Wildman–Crippen MR) is 121 cm³/mol. The van der Waals surface area contributed by atoms with Crippen molar-refractivity contribution in [1.82, 2.24) is 4.90 Å². The van der Waals surface area contributed by atoms with Crippen molar-refractivity contribution in [1.29, 1.82) is 0 Å². The maximum absolute atomic E-state index is 12.8. The van der Waals surface area contributed by atoms with E-state index in [0.29, 0.717) is 18.0 Å². The summed E-state index contributed by atoms with van der Waals surface area (Å²) in [6.07, 6.45) is 8.00. The standard InChI is InChI=1S/C25H31N3O2/c1-27(21-9-3-2-4-10-21)18-20-8-5-6-11-23(20)26-25(30)19-13-15-22(16-14-19)28-17-7-12-24(28)29/h5-6,8,11,13-16,21H,2-4,7,9-10,12,17-18H2,1H3,(H,26,30). The lowest BCUT2D eigenvalue weighted by Crippen LogP contribution is -2.33. The molecule has 0 atom stereocenters. The Morgan fingerprint density at radius 2 is 1.77 bits per heavy atom. The monoisotopic (exact) mass is 405 g/mol. The Balaban J connectivity index is 1.42. The number of anilines is 2. The minimum Gasteiger partial charge on any atom is -0.322 e. The first-order chi connectivity index (χ1) is 14.6. The molecule has 2 aromatic carbocycles. The molecule has 0 aromatic heterocycles. The molecule has 1 heterocycles. The Kier molecular flexibility index (Phi) is 6.48. The van der Waals surface area contributed by atoms with Gasteiger partial charge in [-0.3, -0.25) is 14.5 Å². The van der Waals surface area contributed by atoms with Gasteiger partial charge in [-0.2, -0.15) is 0 Å². The smallest absolute Gasteiger partial charge is 0.255 e. The van der Waals surface area contributed by atoms with Crippen LogP contribution in [0.5, 0.6) is 0 Å². The highest BCUT2D eigenvalue weighted by Gasteiger charge is 2.22. The topological polar surface area (TPSA) is 52.7 Å². The van der Waals surface area contributed by atoms with Crippen LogP contribution in [0.3, 0.4) is 0 Å². The van der Waals surface area contributed by atoms with Gasteiger partial charge in [0.1, 0.15) is 0 Å². The fourth-order valence-electron chi connectivity index (χ4n) is 4.61. The van der Waals surface area contributed by atoms with Crippen LogP contribution in [0.1, 0.15) is 60.9 Å². The first-order valence-electron chi connectivity index (χ1n) is 11.1. The number of rotatable bonds is 6. The molecule has 1 aliphatic carbocycles. The van der Waals surface area contributed by atoms with Crippen LogP contribution in [0, 0.1) is 0 Å². The highest BCUT2D eigenvalue weighted by atomic mass is 16.2. The van der Waals surface area contributed by atoms with Gasteiger partial charge in [0.25, 0.3) is 5.91 Å². The lowest BCUT2D eigenvalue weighted by Gasteiger charge is -2.31. The van der Waals surface area contributed by atoms with Crippen molar-refractivity contribution >= 4 is 23.2 Å². The normalized spacial score (nSPS) is 17.5. The maximum Gasteiger partial charge on any atom is 0.255 e. The van der Waals surface area contributed by atoms with E-state index in [2.05, 4.69) is 23.3 Å². The van der Waals surface area contributed by atoms with Gasteiger partial charge in [-0.25, -0.2) is 0 Å². The van der Waals surface area contributed by atoms with Crippen molar-refractivity contribution in [2.24, 2.45) is 0 Å². The van der Waals surface area contributed by atoms with Gasteiger partial charge in [0.15, 0.2) is 0 Å². The zero-order valence-corrected chi connectivity index (χ0v) is 17.8. The van der Waals surface area contributed by atoms with Crippen molar-refractivity contribution in [3.8, 4) is 0 Å².